The Bertz CT molecular complexity index is 186. The van der Waals surface area contributed by atoms with Crippen LogP contribution in [0.2, 0.25) is 0 Å². The highest BCUT2D eigenvalue weighted by atomic mass is 16.1. The summed E-state index contributed by atoms with van der Waals surface area (Å²) in [5.41, 5.74) is 0.854. The molecule has 3 heteroatoms. The Morgan fingerprint density at radius 3 is 2.67 bits per heavy atom. The maximum atomic E-state index is 9.92. The first-order chi connectivity index (χ1) is 4.43. The van der Waals surface area contributed by atoms with Crippen molar-refractivity contribution < 1.29 is 4.79 Å². The van der Waals surface area contributed by atoms with Crippen molar-refractivity contribution in [2.75, 3.05) is 0 Å². The van der Waals surface area contributed by atoms with Crippen LogP contribution < -0.4 is 0 Å². The topological polar surface area (TPSA) is 42.9 Å². The van der Waals surface area contributed by atoms with E-state index in [0.29, 0.717) is 6.42 Å². The quantitative estimate of drug-likeness (QED) is 0.527. The molecule has 0 spiro atoms. The number of hydrogen-bond donors (Lipinski definition) is 0. The fourth-order valence-electron chi connectivity index (χ4n) is 0.532. The lowest BCUT2D eigenvalue weighted by atomic mass is 10.3. The molecule has 0 aliphatic carbocycles. The standard InChI is InChI=1S/C6H6N2O/c9-2-1-6-3-7-5-8-4-6/h2-5H,1H2. The minimum absolute atomic E-state index is 0.404. The normalized spacial score (nSPS) is 8.89. The first kappa shape index (κ1) is 5.88. The highest BCUT2D eigenvalue weighted by Crippen LogP contribution is 1.89. The number of aldehydes is 1. The molecule has 0 unspecified atom stereocenters. The van der Waals surface area contributed by atoms with Gasteiger partial charge in [0.2, 0.25) is 0 Å². The average molecular weight is 122 g/mol. The van der Waals surface area contributed by atoms with Gasteiger partial charge in [0.1, 0.15) is 12.6 Å². The Balaban J connectivity index is 2.72. The Hall–Kier alpha value is -1.25. The second kappa shape index (κ2) is 2.91. The fourth-order valence-corrected chi connectivity index (χ4v) is 0.532. The van der Waals surface area contributed by atoms with Crippen LogP contribution in [-0.4, -0.2) is 16.3 Å². The van der Waals surface area contributed by atoms with Gasteiger partial charge in [0.15, 0.2) is 0 Å². The molecule has 0 aliphatic rings. The summed E-state index contributed by atoms with van der Waals surface area (Å²) in [6, 6.07) is 0. The van der Waals surface area contributed by atoms with E-state index in [1.54, 1.807) is 12.4 Å². The predicted octanol–water partition coefficient (Wildman–Crippen LogP) is 0.218. The molecule has 1 heterocycles. The van der Waals surface area contributed by atoms with Gasteiger partial charge in [-0.05, 0) is 5.56 Å². The van der Waals surface area contributed by atoms with E-state index in [-0.39, 0.29) is 0 Å². The van der Waals surface area contributed by atoms with Crippen molar-refractivity contribution >= 4 is 6.29 Å². The van der Waals surface area contributed by atoms with Crippen molar-refractivity contribution in [1.29, 1.82) is 0 Å². The highest BCUT2D eigenvalue weighted by Gasteiger charge is 1.86. The van der Waals surface area contributed by atoms with Crippen molar-refractivity contribution in [3.8, 4) is 0 Å². The van der Waals surface area contributed by atoms with Crippen molar-refractivity contribution in [3.05, 3.63) is 24.3 Å². The molecule has 9 heavy (non-hydrogen) atoms. The van der Waals surface area contributed by atoms with Crippen LogP contribution in [0.5, 0.6) is 0 Å². The van der Waals surface area contributed by atoms with Gasteiger partial charge in [0.25, 0.3) is 0 Å². The largest absolute Gasteiger partial charge is 0.303 e. The van der Waals surface area contributed by atoms with E-state index >= 15 is 0 Å². The lowest BCUT2D eigenvalue weighted by molar-refractivity contribution is -0.107. The Kier molecular flexibility index (Phi) is 1.90. The Labute approximate surface area is 52.8 Å². The van der Waals surface area contributed by atoms with Crippen LogP contribution in [0.25, 0.3) is 0 Å². The highest BCUT2D eigenvalue weighted by molar-refractivity contribution is 5.53. The third-order valence-electron chi connectivity index (χ3n) is 0.933. The molecule has 0 fully saturated rings. The third-order valence-corrected chi connectivity index (χ3v) is 0.933. The molecule has 3 nitrogen and oxygen atoms in total. The van der Waals surface area contributed by atoms with Crippen LogP contribution in [0.3, 0.4) is 0 Å². The summed E-state index contributed by atoms with van der Waals surface area (Å²) >= 11 is 0. The van der Waals surface area contributed by atoms with Gasteiger partial charge in [0.05, 0.1) is 0 Å². The summed E-state index contributed by atoms with van der Waals surface area (Å²) in [5, 5.41) is 0. The number of hydrogen-bond acceptors (Lipinski definition) is 3. The molecule has 0 saturated heterocycles. The van der Waals surface area contributed by atoms with E-state index in [9.17, 15) is 4.79 Å². The number of rotatable bonds is 2. The summed E-state index contributed by atoms with van der Waals surface area (Å²) in [6.45, 7) is 0. The van der Waals surface area contributed by atoms with Gasteiger partial charge in [-0.2, -0.15) is 0 Å². The van der Waals surface area contributed by atoms with E-state index in [1.807, 2.05) is 0 Å². The van der Waals surface area contributed by atoms with Crippen LogP contribution in [0.4, 0.5) is 0 Å². The lowest BCUT2D eigenvalue weighted by Crippen LogP contribution is -1.87. The zero-order valence-electron chi connectivity index (χ0n) is 4.82. The van der Waals surface area contributed by atoms with Gasteiger partial charge < -0.3 is 4.79 Å². The van der Waals surface area contributed by atoms with Gasteiger partial charge in [-0.25, -0.2) is 9.97 Å². The van der Waals surface area contributed by atoms with Crippen molar-refractivity contribution in [1.82, 2.24) is 9.97 Å². The number of carbonyl (C=O) groups excluding carboxylic acids is 1. The van der Waals surface area contributed by atoms with Crippen LogP contribution in [0, 0.1) is 0 Å². The van der Waals surface area contributed by atoms with Gasteiger partial charge in [-0.15, -0.1) is 0 Å². The molecule has 0 saturated carbocycles. The molecule has 46 valence electrons. The van der Waals surface area contributed by atoms with E-state index < -0.39 is 0 Å². The Morgan fingerprint density at radius 2 is 2.11 bits per heavy atom. The average Bonchev–Trinajstić information content (AvgIpc) is 1.91. The zero-order valence-corrected chi connectivity index (χ0v) is 4.82. The van der Waals surface area contributed by atoms with Gasteiger partial charge >= 0.3 is 0 Å². The van der Waals surface area contributed by atoms with Crippen LogP contribution in [-0.2, 0) is 11.2 Å². The molecule has 0 bridgehead atoms. The fraction of sp³-hybridized carbons (Fsp3) is 0.167. The van der Waals surface area contributed by atoms with Crippen LogP contribution >= 0.6 is 0 Å². The van der Waals surface area contributed by atoms with Crippen molar-refractivity contribution in [3.63, 3.8) is 0 Å². The molecule has 1 aromatic rings. The second-order valence-electron chi connectivity index (χ2n) is 1.62. The SMILES string of the molecule is O=CCc1cncnc1. The molecule has 0 radical (unpaired) electrons. The van der Waals surface area contributed by atoms with Crippen LogP contribution in [0.1, 0.15) is 5.56 Å². The lowest BCUT2D eigenvalue weighted by Gasteiger charge is -1.87. The maximum Gasteiger partial charge on any atom is 0.124 e. The van der Waals surface area contributed by atoms with E-state index in [0.717, 1.165) is 11.8 Å². The number of nitrogens with zero attached hydrogens (tertiary/aromatic N) is 2. The molecule has 0 aliphatic heterocycles. The number of aromatic nitrogens is 2. The van der Waals surface area contributed by atoms with Crippen molar-refractivity contribution in [2.45, 2.75) is 6.42 Å². The minimum Gasteiger partial charge on any atom is -0.303 e. The molecular formula is C6H6N2O. The monoisotopic (exact) mass is 122 g/mol. The summed E-state index contributed by atoms with van der Waals surface area (Å²) in [5.74, 6) is 0. The zero-order chi connectivity index (χ0) is 6.53. The molecule has 0 N–H and O–H groups in total. The predicted molar refractivity (Wildman–Crippen MR) is 31.8 cm³/mol. The minimum atomic E-state index is 0.404. The van der Waals surface area contributed by atoms with Crippen LogP contribution in [0.15, 0.2) is 18.7 Å². The Morgan fingerprint density at radius 1 is 1.44 bits per heavy atom. The molecule has 0 aromatic carbocycles. The molecule has 1 aromatic heterocycles. The third kappa shape index (κ3) is 1.60. The van der Waals surface area contributed by atoms with E-state index in [2.05, 4.69) is 9.97 Å². The first-order valence-electron chi connectivity index (χ1n) is 2.61. The molecule has 0 amide bonds. The molecular weight excluding hydrogens is 116 g/mol. The van der Waals surface area contributed by atoms with Gasteiger partial charge in [-0.3, -0.25) is 0 Å². The summed E-state index contributed by atoms with van der Waals surface area (Å²) in [7, 11) is 0. The summed E-state index contributed by atoms with van der Waals surface area (Å²) in [6.07, 6.45) is 5.93. The molecule has 0 atom stereocenters. The van der Waals surface area contributed by atoms with Crippen molar-refractivity contribution in [2.24, 2.45) is 0 Å². The summed E-state index contributed by atoms with van der Waals surface area (Å²) < 4.78 is 0. The van der Waals surface area contributed by atoms with Gasteiger partial charge in [0, 0.05) is 18.8 Å². The first-order valence-corrected chi connectivity index (χ1v) is 2.61. The summed E-state index contributed by atoms with van der Waals surface area (Å²) in [4.78, 5) is 17.4. The smallest absolute Gasteiger partial charge is 0.124 e. The van der Waals surface area contributed by atoms with E-state index in [4.69, 9.17) is 0 Å². The number of carbonyl (C=O) groups is 1. The van der Waals surface area contributed by atoms with E-state index in [1.165, 1.54) is 6.33 Å². The van der Waals surface area contributed by atoms with Gasteiger partial charge in [-0.1, -0.05) is 0 Å². The maximum absolute atomic E-state index is 9.92. The second-order valence-corrected chi connectivity index (χ2v) is 1.62. The molecule has 1 rings (SSSR count).